The van der Waals surface area contributed by atoms with Gasteiger partial charge in [-0.1, -0.05) is 56.0 Å². The van der Waals surface area contributed by atoms with E-state index in [-0.39, 0.29) is 11.1 Å². The van der Waals surface area contributed by atoms with Gasteiger partial charge in [0, 0.05) is 11.1 Å². The van der Waals surface area contributed by atoms with Gasteiger partial charge in [0.2, 0.25) is 0 Å². The molecule has 0 amide bonds. The lowest BCUT2D eigenvalue weighted by atomic mass is 10.0. The first-order valence-electron chi connectivity index (χ1n) is 9.33. The molecule has 1 aliphatic carbocycles. The van der Waals surface area contributed by atoms with Crippen molar-refractivity contribution < 1.29 is 0 Å². The largest absolute Gasteiger partial charge is 0.290 e. The Hall–Kier alpha value is -0.643. The molecule has 2 nitrogen and oxygen atoms in total. The van der Waals surface area contributed by atoms with Crippen LogP contribution in [0.25, 0.3) is 0 Å². The zero-order valence-electron chi connectivity index (χ0n) is 15.8. The highest BCUT2D eigenvalue weighted by Gasteiger charge is 2.58. The van der Waals surface area contributed by atoms with E-state index in [1.54, 1.807) is 0 Å². The van der Waals surface area contributed by atoms with E-state index >= 15 is 0 Å². The lowest BCUT2D eigenvalue weighted by molar-refractivity contribution is -0.0377. The van der Waals surface area contributed by atoms with Gasteiger partial charge in [-0.15, -0.1) is 0 Å². The molecular weight excluding hydrogens is 296 g/mol. The van der Waals surface area contributed by atoms with Gasteiger partial charge < -0.3 is 0 Å². The van der Waals surface area contributed by atoms with Crippen LogP contribution in [0.15, 0.2) is 30.3 Å². The van der Waals surface area contributed by atoms with Crippen LogP contribution in [0.2, 0.25) is 5.54 Å². The number of benzene rings is 1. The summed E-state index contributed by atoms with van der Waals surface area (Å²) < 4.78 is 5.84. The van der Waals surface area contributed by atoms with Gasteiger partial charge >= 0.3 is 0 Å². The minimum absolute atomic E-state index is 0.252. The maximum atomic E-state index is 2.92. The van der Waals surface area contributed by atoms with Gasteiger partial charge in [-0.3, -0.25) is 9.13 Å². The van der Waals surface area contributed by atoms with Gasteiger partial charge in [-0.2, -0.15) is 0 Å². The van der Waals surface area contributed by atoms with Crippen molar-refractivity contribution in [1.82, 2.24) is 9.13 Å². The lowest BCUT2D eigenvalue weighted by Crippen LogP contribution is -2.78. The van der Waals surface area contributed by atoms with E-state index in [2.05, 4.69) is 81.0 Å². The van der Waals surface area contributed by atoms with Crippen LogP contribution in [0.1, 0.15) is 79.0 Å². The molecule has 1 heterocycles. The first-order valence-corrected chi connectivity index (χ1v) is 11.0. The van der Waals surface area contributed by atoms with E-state index in [1.165, 1.54) is 31.2 Å². The van der Waals surface area contributed by atoms with Crippen molar-refractivity contribution in [3.05, 3.63) is 35.9 Å². The van der Waals surface area contributed by atoms with Crippen LogP contribution >= 0.6 is 0 Å². The molecule has 0 atom stereocenters. The quantitative estimate of drug-likeness (QED) is 0.699. The molecule has 23 heavy (non-hydrogen) atoms. The second-order valence-corrected chi connectivity index (χ2v) is 12.3. The summed E-state index contributed by atoms with van der Waals surface area (Å²) in [6.45, 7) is 14.5. The molecule has 2 fully saturated rings. The van der Waals surface area contributed by atoms with Gasteiger partial charge in [0.25, 0.3) is 0 Å². The monoisotopic (exact) mass is 330 g/mol. The van der Waals surface area contributed by atoms with E-state index in [0.29, 0.717) is 6.17 Å². The van der Waals surface area contributed by atoms with Crippen molar-refractivity contribution in [3.63, 3.8) is 0 Å². The minimum atomic E-state index is -1.09. The van der Waals surface area contributed by atoms with Crippen LogP contribution in [0, 0.1) is 0 Å². The molecule has 1 aliphatic heterocycles. The fraction of sp³-hybridized carbons (Fsp3) is 0.700. The zero-order chi connectivity index (χ0) is 16.8. The number of hydrogen-bond donors (Lipinski definition) is 0. The first-order chi connectivity index (χ1) is 10.7. The van der Waals surface area contributed by atoms with Gasteiger partial charge in [0.05, 0.1) is 6.17 Å². The Morgan fingerprint density at radius 2 is 1.30 bits per heavy atom. The molecule has 0 bridgehead atoms. The highest BCUT2D eigenvalue weighted by atomic mass is 28.3. The summed E-state index contributed by atoms with van der Waals surface area (Å²) in [5.41, 5.74) is 2.94. The molecule has 0 spiro atoms. The van der Waals surface area contributed by atoms with Crippen LogP contribution in [-0.4, -0.2) is 29.3 Å². The summed E-state index contributed by atoms with van der Waals surface area (Å²) in [4.78, 5) is 0. The fourth-order valence-corrected chi connectivity index (χ4v) is 9.50. The third kappa shape index (κ3) is 3.16. The summed E-state index contributed by atoms with van der Waals surface area (Å²) in [7, 11) is -1.09. The third-order valence-electron chi connectivity index (χ3n) is 5.57. The fourth-order valence-electron chi connectivity index (χ4n) is 4.67. The normalized spacial score (nSPS) is 28.1. The highest BCUT2D eigenvalue weighted by molar-refractivity contribution is 6.57. The highest BCUT2D eigenvalue weighted by Crippen LogP contribution is 2.52. The van der Waals surface area contributed by atoms with Crippen molar-refractivity contribution in [1.29, 1.82) is 0 Å². The standard InChI is InChI=1S/C20H34N2Si/c1-19(2,3)21-18(16-12-8-7-9-13-16)22(20(4,5)6)23(21)17-14-10-11-15-17/h7-9,12-13,17-18,23H,10-11,14-15H2,1-6H3. The third-order valence-corrected chi connectivity index (χ3v) is 10.3. The molecule has 0 N–H and O–H groups in total. The van der Waals surface area contributed by atoms with E-state index in [4.69, 9.17) is 0 Å². The SMILES string of the molecule is CC(C)(C)N1C(c2ccccc2)N(C(C)(C)C)[SiH]1C1CCCC1. The Balaban J connectivity index is 2.00. The second-order valence-electron chi connectivity index (χ2n) is 9.40. The van der Waals surface area contributed by atoms with Crippen molar-refractivity contribution >= 4 is 9.12 Å². The van der Waals surface area contributed by atoms with Gasteiger partial charge in [-0.05, 0) is 52.6 Å². The Morgan fingerprint density at radius 3 is 1.74 bits per heavy atom. The maximum Gasteiger partial charge on any atom is 0.196 e. The molecule has 1 saturated carbocycles. The molecule has 0 aromatic heterocycles. The summed E-state index contributed by atoms with van der Waals surface area (Å²) >= 11 is 0. The molecule has 1 aromatic carbocycles. The molecule has 1 aromatic rings. The molecule has 0 unspecified atom stereocenters. The smallest absolute Gasteiger partial charge is 0.196 e. The Labute approximate surface area is 144 Å². The molecule has 3 heteroatoms. The van der Waals surface area contributed by atoms with Gasteiger partial charge in [0.15, 0.2) is 9.12 Å². The molecule has 1 saturated heterocycles. The van der Waals surface area contributed by atoms with Crippen LogP contribution in [0.4, 0.5) is 0 Å². The van der Waals surface area contributed by atoms with Gasteiger partial charge in [0.1, 0.15) is 0 Å². The summed E-state index contributed by atoms with van der Waals surface area (Å²) in [5, 5.41) is 0. The average Bonchev–Trinajstić information content (AvgIpc) is 2.89. The van der Waals surface area contributed by atoms with E-state index < -0.39 is 9.12 Å². The van der Waals surface area contributed by atoms with Crippen molar-refractivity contribution in [2.75, 3.05) is 0 Å². The maximum absolute atomic E-state index is 2.92. The second kappa shape index (κ2) is 6.02. The van der Waals surface area contributed by atoms with Crippen molar-refractivity contribution in [3.8, 4) is 0 Å². The summed E-state index contributed by atoms with van der Waals surface area (Å²) in [6, 6.07) is 11.2. The topological polar surface area (TPSA) is 6.48 Å². The van der Waals surface area contributed by atoms with Gasteiger partial charge in [-0.25, -0.2) is 0 Å². The van der Waals surface area contributed by atoms with Crippen molar-refractivity contribution in [2.24, 2.45) is 0 Å². The minimum Gasteiger partial charge on any atom is -0.290 e. The summed E-state index contributed by atoms with van der Waals surface area (Å²) in [5.74, 6) is 0. The van der Waals surface area contributed by atoms with E-state index in [1.807, 2.05) is 0 Å². The molecule has 0 radical (unpaired) electrons. The predicted molar refractivity (Wildman–Crippen MR) is 102 cm³/mol. The first kappa shape index (κ1) is 17.2. The number of hydrogen-bond acceptors (Lipinski definition) is 2. The number of nitrogens with zero attached hydrogens (tertiary/aromatic N) is 2. The van der Waals surface area contributed by atoms with E-state index in [9.17, 15) is 0 Å². The Kier molecular flexibility index (Phi) is 4.50. The Morgan fingerprint density at radius 1 is 0.826 bits per heavy atom. The van der Waals surface area contributed by atoms with Crippen molar-refractivity contribution in [2.45, 2.75) is 90.0 Å². The molecular formula is C20H34N2Si. The zero-order valence-corrected chi connectivity index (χ0v) is 17.0. The predicted octanol–water partition coefficient (Wildman–Crippen LogP) is 5.06. The lowest BCUT2D eigenvalue weighted by Gasteiger charge is -2.68. The Bertz CT molecular complexity index is 501. The van der Waals surface area contributed by atoms with Crippen LogP contribution in [-0.2, 0) is 0 Å². The molecule has 2 aliphatic rings. The van der Waals surface area contributed by atoms with Crippen LogP contribution in [0.5, 0.6) is 0 Å². The van der Waals surface area contributed by atoms with E-state index in [0.717, 1.165) is 5.54 Å². The average molecular weight is 331 g/mol. The van der Waals surface area contributed by atoms with Crippen LogP contribution < -0.4 is 0 Å². The number of rotatable bonds is 2. The molecule has 3 rings (SSSR count). The summed E-state index contributed by atoms with van der Waals surface area (Å²) in [6.07, 6.45) is 6.27. The molecule has 128 valence electrons. The van der Waals surface area contributed by atoms with Crippen LogP contribution in [0.3, 0.4) is 0 Å².